The van der Waals surface area contributed by atoms with Gasteiger partial charge < -0.3 is 15.4 Å². The molecule has 2 N–H and O–H groups in total. The number of hydrogen-bond donors (Lipinski definition) is 2. The van der Waals surface area contributed by atoms with Crippen LogP contribution in [0.2, 0.25) is 0 Å². The summed E-state index contributed by atoms with van der Waals surface area (Å²) < 4.78 is 19.3. The Hall–Kier alpha value is -3.41. The Labute approximate surface area is 157 Å². The van der Waals surface area contributed by atoms with Crippen molar-refractivity contribution in [3.8, 4) is 5.75 Å². The first-order valence-electron chi connectivity index (χ1n) is 8.57. The number of para-hydroxylation sites is 1. The number of rotatable bonds is 6. The van der Waals surface area contributed by atoms with E-state index in [1.807, 2.05) is 13.8 Å². The Morgan fingerprint density at radius 1 is 1.04 bits per heavy atom. The fourth-order valence-electron chi connectivity index (χ4n) is 2.43. The monoisotopic (exact) mass is 365 g/mol. The molecule has 3 rings (SSSR count). The number of ether oxygens (including phenoxy) is 1. The molecule has 0 unspecified atom stereocenters. The zero-order chi connectivity index (χ0) is 19.2. The number of halogens is 1. The van der Waals surface area contributed by atoms with Crippen LogP contribution in [0.1, 0.15) is 24.3 Å². The van der Waals surface area contributed by atoms with Crippen molar-refractivity contribution in [3.05, 3.63) is 78.4 Å². The molecule has 27 heavy (non-hydrogen) atoms. The number of aromatic nitrogens is 1. The summed E-state index contributed by atoms with van der Waals surface area (Å²) in [7, 11) is 0. The van der Waals surface area contributed by atoms with Crippen LogP contribution in [0.3, 0.4) is 0 Å². The largest absolute Gasteiger partial charge is 0.491 e. The molecule has 0 saturated heterocycles. The van der Waals surface area contributed by atoms with E-state index in [2.05, 4.69) is 15.6 Å². The van der Waals surface area contributed by atoms with E-state index in [0.29, 0.717) is 17.1 Å². The molecular weight excluding hydrogens is 345 g/mol. The summed E-state index contributed by atoms with van der Waals surface area (Å²) in [6.45, 7) is 3.90. The lowest BCUT2D eigenvalue weighted by molar-refractivity contribution is 0.102. The van der Waals surface area contributed by atoms with E-state index in [1.54, 1.807) is 54.6 Å². The van der Waals surface area contributed by atoms with Gasteiger partial charge in [-0.3, -0.25) is 9.78 Å². The lowest BCUT2D eigenvalue weighted by Crippen LogP contribution is -2.14. The standard InChI is InChI=1S/C21H20FN3O2/c1-14(2)27-17-9-7-15(8-10-17)25-21(26)20-13-16(11-12-23-20)24-19-6-4-3-5-18(19)22/h3-14H,1-2H3,(H,23,24)(H,25,26). The minimum atomic E-state index is -0.371. The molecule has 1 amide bonds. The highest BCUT2D eigenvalue weighted by molar-refractivity contribution is 6.03. The highest BCUT2D eigenvalue weighted by atomic mass is 19.1. The van der Waals surface area contributed by atoms with Crippen LogP contribution in [-0.4, -0.2) is 17.0 Å². The minimum absolute atomic E-state index is 0.0827. The van der Waals surface area contributed by atoms with Gasteiger partial charge in [0.15, 0.2) is 0 Å². The van der Waals surface area contributed by atoms with E-state index in [0.717, 1.165) is 5.75 Å². The second-order valence-corrected chi connectivity index (χ2v) is 6.18. The third kappa shape index (κ3) is 5.04. The Balaban J connectivity index is 1.69. The number of anilines is 3. The third-order valence-electron chi connectivity index (χ3n) is 3.63. The van der Waals surface area contributed by atoms with E-state index >= 15 is 0 Å². The Morgan fingerprint density at radius 3 is 2.48 bits per heavy atom. The van der Waals surface area contributed by atoms with Gasteiger partial charge in [0.1, 0.15) is 17.3 Å². The van der Waals surface area contributed by atoms with E-state index in [-0.39, 0.29) is 23.5 Å². The highest BCUT2D eigenvalue weighted by Crippen LogP contribution is 2.21. The van der Waals surface area contributed by atoms with Gasteiger partial charge in [-0.15, -0.1) is 0 Å². The normalized spacial score (nSPS) is 10.5. The molecule has 0 radical (unpaired) electrons. The fraction of sp³-hybridized carbons (Fsp3) is 0.143. The molecule has 0 aliphatic carbocycles. The number of nitrogens with zero attached hydrogens (tertiary/aromatic N) is 1. The maximum absolute atomic E-state index is 13.8. The molecule has 0 saturated carbocycles. The number of carbonyl (C=O) groups excluding carboxylic acids is 1. The second kappa shape index (κ2) is 8.31. The maximum Gasteiger partial charge on any atom is 0.274 e. The van der Waals surface area contributed by atoms with Crippen LogP contribution in [0.4, 0.5) is 21.5 Å². The molecule has 3 aromatic rings. The SMILES string of the molecule is CC(C)Oc1ccc(NC(=O)c2cc(Nc3ccccc3F)ccn2)cc1. The predicted molar refractivity (Wildman–Crippen MR) is 104 cm³/mol. The Morgan fingerprint density at radius 2 is 1.78 bits per heavy atom. The lowest BCUT2D eigenvalue weighted by atomic mass is 10.2. The molecule has 5 nitrogen and oxygen atoms in total. The summed E-state index contributed by atoms with van der Waals surface area (Å²) in [6.07, 6.45) is 1.58. The molecule has 2 aromatic carbocycles. The molecule has 1 heterocycles. The lowest BCUT2D eigenvalue weighted by Gasteiger charge is -2.11. The summed E-state index contributed by atoms with van der Waals surface area (Å²) in [5, 5.41) is 5.73. The van der Waals surface area contributed by atoms with Crippen molar-refractivity contribution >= 4 is 23.0 Å². The van der Waals surface area contributed by atoms with E-state index < -0.39 is 0 Å². The highest BCUT2D eigenvalue weighted by Gasteiger charge is 2.10. The van der Waals surface area contributed by atoms with Crippen LogP contribution >= 0.6 is 0 Å². The quantitative estimate of drug-likeness (QED) is 0.645. The van der Waals surface area contributed by atoms with Crippen LogP contribution in [0.5, 0.6) is 5.75 Å². The summed E-state index contributed by atoms with van der Waals surface area (Å²) in [5.41, 5.74) is 1.75. The van der Waals surface area contributed by atoms with Crippen molar-refractivity contribution < 1.29 is 13.9 Å². The minimum Gasteiger partial charge on any atom is -0.491 e. The number of pyridine rings is 1. The van der Waals surface area contributed by atoms with E-state index in [4.69, 9.17) is 4.74 Å². The molecule has 0 spiro atoms. The molecule has 0 aliphatic heterocycles. The van der Waals surface area contributed by atoms with Crippen LogP contribution in [-0.2, 0) is 0 Å². The molecule has 0 aliphatic rings. The third-order valence-corrected chi connectivity index (χ3v) is 3.63. The number of benzene rings is 2. The van der Waals surface area contributed by atoms with Gasteiger partial charge in [0, 0.05) is 17.6 Å². The molecule has 0 fully saturated rings. The average molecular weight is 365 g/mol. The van der Waals surface area contributed by atoms with Gasteiger partial charge in [0.25, 0.3) is 5.91 Å². The van der Waals surface area contributed by atoms with Crippen LogP contribution in [0.15, 0.2) is 66.9 Å². The van der Waals surface area contributed by atoms with Crippen molar-refractivity contribution in [3.63, 3.8) is 0 Å². The molecule has 1 aromatic heterocycles. The predicted octanol–water partition coefficient (Wildman–Crippen LogP) is 5.00. The van der Waals surface area contributed by atoms with Crippen molar-refractivity contribution in [1.29, 1.82) is 0 Å². The van der Waals surface area contributed by atoms with Crippen molar-refractivity contribution in [1.82, 2.24) is 4.98 Å². The first-order valence-corrected chi connectivity index (χ1v) is 8.57. The van der Waals surface area contributed by atoms with Crippen molar-refractivity contribution in [2.45, 2.75) is 20.0 Å². The van der Waals surface area contributed by atoms with E-state index in [9.17, 15) is 9.18 Å². The van der Waals surface area contributed by atoms with Gasteiger partial charge in [-0.05, 0) is 62.4 Å². The van der Waals surface area contributed by atoms with Gasteiger partial charge in [0.05, 0.1) is 11.8 Å². The molecule has 6 heteroatoms. The van der Waals surface area contributed by atoms with Crippen LogP contribution < -0.4 is 15.4 Å². The molecule has 0 bridgehead atoms. The molecule has 138 valence electrons. The summed E-state index contributed by atoms with van der Waals surface area (Å²) in [5.74, 6) is 0.00550. The van der Waals surface area contributed by atoms with Crippen molar-refractivity contribution in [2.24, 2.45) is 0 Å². The van der Waals surface area contributed by atoms with Crippen LogP contribution in [0.25, 0.3) is 0 Å². The zero-order valence-electron chi connectivity index (χ0n) is 15.1. The van der Waals surface area contributed by atoms with Gasteiger partial charge in [-0.2, -0.15) is 0 Å². The second-order valence-electron chi connectivity index (χ2n) is 6.18. The number of amides is 1. The molecule has 0 atom stereocenters. The summed E-state index contributed by atoms with van der Waals surface area (Å²) >= 11 is 0. The zero-order valence-corrected chi connectivity index (χ0v) is 15.1. The average Bonchev–Trinajstić information content (AvgIpc) is 2.65. The first-order chi connectivity index (χ1) is 13.0. The number of nitrogens with one attached hydrogen (secondary N) is 2. The van der Waals surface area contributed by atoms with Crippen molar-refractivity contribution in [2.75, 3.05) is 10.6 Å². The smallest absolute Gasteiger partial charge is 0.274 e. The summed E-state index contributed by atoms with van der Waals surface area (Å²) in [4.78, 5) is 16.5. The maximum atomic E-state index is 13.8. The molecular formula is C21H20FN3O2. The van der Waals surface area contributed by atoms with Crippen LogP contribution in [0, 0.1) is 5.82 Å². The summed E-state index contributed by atoms with van der Waals surface area (Å²) in [6, 6.07) is 16.7. The first kappa shape index (κ1) is 18.4. The topological polar surface area (TPSA) is 63.2 Å². The van der Waals surface area contributed by atoms with E-state index in [1.165, 1.54) is 12.3 Å². The Bertz CT molecular complexity index is 927. The van der Waals surface area contributed by atoms with Gasteiger partial charge in [0.2, 0.25) is 0 Å². The number of hydrogen-bond acceptors (Lipinski definition) is 4. The van der Waals surface area contributed by atoms with Gasteiger partial charge >= 0.3 is 0 Å². The van der Waals surface area contributed by atoms with Gasteiger partial charge in [-0.25, -0.2) is 4.39 Å². The van der Waals surface area contributed by atoms with Gasteiger partial charge in [-0.1, -0.05) is 12.1 Å². The fourth-order valence-corrected chi connectivity index (χ4v) is 2.43. The number of carbonyl (C=O) groups is 1. The Kier molecular flexibility index (Phi) is 5.66.